The van der Waals surface area contributed by atoms with Crippen molar-refractivity contribution in [3.8, 4) is 0 Å². The second-order valence-corrected chi connectivity index (χ2v) is 13.1. The molecule has 220 valence electrons. The van der Waals surface area contributed by atoms with E-state index in [1.165, 1.54) is 6.07 Å². The first kappa shape index (κ1) is 28.9. The molecule has 1 aliphatic carbocycles. The van der Waals surface area contributed by atoms with Crippen LogP contribution in [0.1, 0.15) is 49.1 Å². The summed E-state index contributed by atoms with van der Waals surface area (Å²) < 4.78 is 49.0. The van der Waals surface area contributed by atoms with Crippen LogP contribution in [0.2, 0.25) is 10.0 Å². The molecule has 0 bridgehead atoms. The maximum Gasteiger partial charge on any atom is 0.237 e. The average molecular weight is 611 g/mol. The number of aliphatic hydroxyl groups excluding tert-OH is 1. The molecule has 2 aromatic rings. The van der Waals surface area contributed by atoms with E-state index in [0.717, 1.165) is 6.07 Å². The fraction of sp³-hybridized carbons (Fsp3) is 0.533. The monoisotopic (exact) mass is 610 g/mol. The van der Waals surface area contributed by atoms with Crippen molar-refractivity contribution < 1.29 is 32.6 Å². The fourth-order valence-corrected chi connectivity index (χ4v) is 8.41. The summed E-state index contributed by atoms with van der Waals surface area (Å²) in [5.41, 5.74) is -2.66. The summed E-state index contributed by atoms with van der Waals surface area (Å²) >= 11 is 12.6. The number of amides is 1. The van der Waals surface area contributed by atoms with Gasteiger partial charge in [0.25, 0.3) is 0 Å². The SMILES string of the molecule is O=C(C[C@@H]1CC[C@@H](CO)OC1)[C@@H]1NC2(CC(CF)(CF)C2)[C@@]2(C(=O)Nc3cc(Cl)ccc32)[C@H]1c1cc(F)cc(Cl)c1. The number of ether oxygens (including phenoxy) is 1. The topological polar surface area (TPSA) is 87.7 Å². The van der Waals surface area contributed by atoms with Gasteiger partial charge < -0.3 is 15.2 Å². The standard InChI is InChI=1S/C30H31Cl2F3N2O4/c31-18-2-4-22-23(9-18)36-27(40)30(22)25(17-6-19(32)8-20(35)7-17)26(37-29(30)12-28(13-29,14-33)15-34)24(39)5-16-1-3-21(10-38)41-11-16/h2,4,6-9,16,21,25-26,37-38H,1,3,5,10-15H2,(H,36,40)/t16-,21-,25-,26-,30+/m0/s1. The number of aliphatic hydroxyl groups is 1. The van der Waals surface area contributed by atoms with Crippen molar-refractivity contribution in [2.24, 2.45) is 11.3 Å². The molecule has 3 fully saturated rings. The molecular weight excluding hydrogens is 580 g/mol. The van der Waals surface area contributed by atoms with Crippen molar-refractivity contribution in [3.63, 3.8) is 0 Å². The molecule has 4 aliphatic rings. The Morgan fingerprint density at radius 3 is 2.46 bits per heavy atom. The Hall–Kier alpha value is -2.17. The number of hydrogen-bond donors (Lipinski definition) is 3. The molecule has 41 heavy (non-hydrogen) atoms. The van der Waals surface area contributed by atoms with Crippen LogP contribution in [-0.4, -0.2) is 61.0 Å². The summed E-state index contributed by atoms with van der Waals surface area (Å²) in [5, 5.41) is 16.2. The maximum absolute atomic E-state index is 14.9. The van der Waals surface area contributed by atoms with Gasteiger partial charge in [0.15, 0.2) is 5.78 Å². The zero-order chi connectivity index (χ0) is 29.2. The minimum atomic E-state index is -1.50. The third-order valence-electron chi connectivity index (χ3n) is 9.67. The smallest absolute Gasteiger partial charge is 0.237 e. The van der Waals surface area contributed by atoms with E-state index in [-0.39, 0.29) is 48.7 Å². The zero-order valence-corrected chi connectivity index (χ0v) is 23.7. The third-order valence-corrected chi connectivity index (χ3v) is 10.1. The first-order chi connectivity index (χ1) is 19.6. The normalized spacial score (nSPS) is 31.2. The molecule has 1 saturated carbocycles. The van der Waals surface area contributed by atoms with E-state index in [1.807, 2.05) is 0 Å². The molecule has 1 amide bonds. The number of fused-ring (bicyclic) bond motifs is 3. The van der Waals surface area contributed by atoms with Crippen LogP contribution >= 0.6 is 23.2 Å². The predicted molar refractivity (Wildman–Crippen MR) is 148 cm³/mol. The van der Waals surface area contributed by atoms with Crippen molar-refractivity contribution in [3.05, 3.63) is 63.4 Å². The quantitative estimate of drug-likeness (QED) is 0.397. The molecule has 6 nitrogen and oxygen atoms in total. The second kappa shape index (κ2) is 10.5. The van der Waals surface area contributed by atoms with Crippen molar-refractivity contribution in [1.29, 1.82) is 0 Å². The average Bonchev–Trinajstić information content (AvgIpc) is 3.39. The van der Waals surface area contributed by atoms with E-state index in [1.54, 1.807) is 24.3 Å². The number of hydrogen-bond acceptors (Lipinski definition) is 5. The highest BCUT2D eigenvalue weighted by Crippen LogP contribution is 2.68. The molecule has 2 aromatic carbocycles. The Bertz CT molecular complexity index is 1350. The Labute approximate surface area is 245 Å². The van der Waals surface area contributed by atoms with Crippen molar-refractivity contribution in [2.45, 2.75) is 61.1 Å². The number of benzene rings is 2. The molecule has 2 saturated heterocycles. The number of nitrogens with one attached hydrogen (secondary N) is 2. The summed E-state index contributed by atoms with van der Waals surface area (Å²) in [5.74, 6) is -2.33. The molecule has 0 aromatic heterocycles. The van der Waals surface area contributed by atoms with E-state index in [4.69, 9.17) is 27.9 Å². The van der Waals surface area contributed by atoms with Gasteiger partial charge in [-0.1, -0.05) is 29.3 Å². The lowest BCUT2D eigenvalue weighted by Crippen LogP contribution is -2.70. The number of rotatable bonds is 7. The summed E-state index contributed by atoms with van der Waals surface area (Å²) in [6.45, 7) is -1.63. The third kappa shape index (κ3) is 4.42. The zero-order valence-electron chi connectivity index (χ0n) is 22.2. The first-order valence-electron chi connectivity index (χ1n) is 13.8. The molecule has 2 spiro atoms. The number of alkyl halides is 2. The van der Waals surface area contributed by atoms with E-state index in [0.29, 0.717) is 41.3 Å². The minimum absolute atomic E-state index is 0.0312. The number of anilines is 1. The van der Waals surface area contributed by atoms with E-state index < -0.39 is 53.4 Å². The van der Waals surface area contributed by atoms with Crippen LogP contribution in [0.15, 0.2) is 36.4 Å². The Morgan fingerprint density at radius 2 is 1.83 bits per heavy atom. The van der Waals surface area contributed by atoms with E-state index >= 15 is 0 Å². The lowest BCUT2D eigenvalue weighted by atomic mass is 9.46. The molecule has 0 unspecified atom stereocenters. The fourth-order valence-electron chi connectivity index (χ4n) is 8.01. The van der Waals surface area contributed by atoms with Gasteiger partial charge in [-0.25, -0.2) is 4.39 Å². The van der Waals surface area contributed by atoms with E-state index in [2.05, 4.69) is 10.6 Å². The molecular formula is C30H31Cl2F3N2O4. The first-order valence-corrected chi connectivity index (χ1v) is 14.6. The summed E-state index contributed by atoms with van der Waals surface area (Å²) in [7, 11) is 0. The minimum Gasteiger partial charge on any atom is -0.394 e. The number of ketones is 1. The van der Waals surface area contributed by atoms with Gasteiger partial charge in [-0.2, -0.15) is 0 Å². The van der Waals surface area contributed by atoms with E-state index in [9.17, 15) is 27.9 Å². The van der Waals surface area contributed by atoms with Crippen LogP contribution in [0.3, 0.4) is 0 Å². The van der Waals surface area contributed by atoms with Crippen LogP contribution in [0.25, 0.3) is 0 Å². The van der Waals surface area contributed by atoms with Gasteiger partial charge >= 0.3 is 0 Å². The van der Waals surface area contributed by atoms with Crippen molar-refractivity contribution >= 4 is 40.6 Å². The van der Waals surface area contributed by atoms with Gasteiger partial charge in [-0.05, 0) is 73.1 Å². The van der Waals surface area contributed by atoms with Crippen LogP contribution in [0.5, 0.6) is 0 Å². The Morgan fingerprint density at radius 1 is 1.07 bits per heavy atom. The lowest BCUT2D eigenvalue weighted by Gasteiger charge is -2.59. The molecule has 3 N–H and O–H groups in total. The van der Waals surface area contributed by atoms with Crippen molar-refractivity contribution in [1.82, 2.24) is 5.32 Å². The van der Waals surface area contributed by atoms with Crippen LogP contribution < -0.4 is 10.6 Å². The van der Waals surface area contributed by atoms with Crippen LogP contribution in [-0.2, 0) is 19.7 Å². The van der Waals surface area contributed by atoms with Gasteiger partial charge in [-0.3, -0.25) is 23.7 Å². The number of Topliss-reactive ketones (excluding diaryl/α,β-unsaturated/α-hetero) is 1. The summed E-state index contributed by atoms with van der Waals surface area (Å²) in [6, 6.07) is 7.93. The number of halogens is 5. The molecule has 3 heterocycles. The maximum atomic E-state index is 14.9. The molecule has 0 radical (unpaired) electrons. The Kier molecular flexibility index (Phi) is 7.42. The highest BCUT2D eigenvalue weighted by molar-refractivity contribution is 6.31. The van der Waals surface area contributed by atoms with Gasteiger partial charge in [0, 0.05) is 39.0 Å². The van der Waals surface area contributed by atoms with Gasteiger partial charge in [-0.15, -0.1) is 0 Å². The predicted octanol–water partition coefficient (Wildman–Crippen LogP) is 5.28. The highest BCUT2D eigenvalue weighted by Gasteiger charge is 2.77. The Balaban J connectivity index is 1.50. The highest BCUT2D eigenvalue weighted by atomic mass is 35.5. The lowest BCUT2D eigenvalue weighted by molar-refractivity contribution is -0.131. The molecule has 5 atom stereocenters. The van der Waals surface area contributed by atoms with Crippen LogP contribution in [0.4, 0.5) is 18.9 Å². The van der Waals surface area contributed by atoms with Gasteiger partial charge in [0.05, 0.1) is 38.7 Å². The molecule has 6 rings (SSSR count). The molecule has 3 aliphatic heterocycles. The van der Waals surface area contributed by atoms with Crippen LogP contribution in [0, 0.1) is 17.2 Å². The van der Waals surface area contributed by atoms with Gasteiger partial charge in [0.1, 0.15) is 11.2 Å². The summed E-state index contributed by atoms with van der Waals surface area (Å²) in [6.07, 6.45) is 1.07. The molecule has 11 heteroatoms. The van der Waals surface area contributed by atoms with Gasteiger partial charge in [0.2, 0.25) is 5.91 Å². The summed E-state index contributed by atoms with van der Waals surface area (Å²) in [4.78, 5) is 28.4. The number of carbonyl (C=O) groups excluding carboxylic acids is 2. The number of carbonyl (C=O) groups is 2. The largest absolute Gasteiger partial charge is 0.394 e. The van der Waals surface area contributed by atoms with Crippen molar-refractivity contribution in [2.75, 3.05) is 31.9 Å². The second-order valence-electron chi connectivity index (χ2n) is 12.2.